The highest BCUT2D eigenvalue weighted by Crippen LogP contribution is 2.33. The fourth-order valence-corrected chi connectivity index (χ4v) is 1.60. The van der Waals surface area contributed by atoms with Crippen molar-refractivity contribution in [2.75, 3.05) is 19.7 Å². The normalized spacial score (nSPS) is 18.8. The Kier molecular flexibility index (Phi) is 5.73. The van der Waals surface area contributed by atoms with Crippen molar-refractivity contribution < 1.29 is 9.84 Å². The lowest BCUT2D eigenvalue weighted by atomic mass is 10.2. The molecule has 1 rings (SSSR count). The van der Waals surface area contributed by atoms with Crippen LogP contribution in [0, 0.1) is 5.92 Å². The van der Waals surface area contributed by atoms with E-state index in [9.17, 15) is 5.11 Å². The van der Waals surface area contributed by atoms with Gasteiger partial charge in [0.1, 0.15) is 0 Å². The van der Waals surface area contributed by atoms with Crippen LogP contribution in [0.25, 0.3) is 0 Å². The van der Waals surface area contributed by atoms with Gasteiger partial charge >= 0.3 is 0 Å². The maximum absolute atomic E-state index is 9.65. The van der Waals surface area contributed by atoms with Gasteiger partial charge < -0.3 is 15.2 Å². The van der Waals surface area contributed by atoms with E-state index in [1.54, 1.807) is 0 Å². The van der Waals surface area contributed by atoms with Crippen LogP contribution in [0.1, 0.15) is 46.5 Å². The van der Waals surface area contributed by atoms with E-state index in [1.165, 1.54) is 25.7 Å². The van der Waals surface area contributed by atoms with Gasteiger partial charge in [-0.1, -0.05) is 12.8 Å². The molecule has 3 heteroatoms. The minimum atomic E-state index is -0.389. The van der Waals surface area contributed by atoms with Crippen molar-refractivity contribution in [1.29, 1.82) is 0 Å². The molecule has 16 heavy (non-hydrogen) atoms. The summed E-state index contributed by atoms with van der Waals surface area (Å²) in [4.78, 5) is 0. The highest BCUT2D eigenvalue weighted by atomic mass is 16.5. The molecule has 1 fully saturated rings. The second-order valence-corrected chi connectivity index (χ2v) is 5.87. The summed E-state index contributed by atoms with van der Waals surface area (Å²) in [6, 6.07) is 0. The van der Waals surface area contributed by atoms with Crippen LogP contribution < -0.4 is 5.32 Å². The summed E-state index contributed by atoms with van der Waals surface area (Å²) >= 11 is 0. The van der Waals surface area contributed by atoms with E-state index in [4.69, 9.17) is 4.74 Å². The third kappa shape index (κ3) is 8.08. The van der Waals surface area contributed by atoms with Gasteiger partial charge in [0.05, 0.1) is 18.3 Å². The first-order chi connectivity index (χ1) is 7.47. The monoisotopic (exact) mass is 229 g/mol. The predicted molar refractivity (Wildman–Crippen MR) is 66.5 cm³/mol. The van der Waals surface area contributed by atoms with Gasteiger partial charge in [-0.15, -0.1) is 0 Å². The minimum Gasteiger partial charge on any atom is -0.389 e. The molecule has 1 saturated carbocycles. The zero-order valence-electron chi connectivity index (χ0n) is 11.0. The number of nitrogens with one attached hydrogen (secondary N) is 1. The topological polar surface area (TPSA) is 41.5 Å². The van der Waals surface area contributed by atoms with E-state index in [0.717, 1.165) is 12.5 Å². The molecule has 0 aromatic carbocycles. The standard InChI is InChI=1S/C13H27NO2/c1-13(2,3)16-10-12(15)9-14-8-4-5-11-6-7-11/h11-12,14-15H,4-10H2,1-3H3. The molecule has 3 nitrogen and oxygen atoms in total. The first-order valence-corrected chi connectivity index (χ1v) is 6.50. The molecule has 1 aliphatic rings. The van der Waals surface area contributed by atoms with Crippen molar-refractivity contribution in [3.8, 4) is 0 Å². The molecule has 0 bridgehead atoms. The first-order valence-electron chi connectivity index (χ1n) is 6.50. The number of rotatable bonds is 8. The van der Waals surface area contributed by atoms with E-state index >= 15 is 0 Å². The second-order valence-electron chi connectivity index (χ2n) is 5.87. The zero-order valence-corrected chi connectivity index (χ0v) is 11.0. The van der Waals surface area contributed by atoms with E-state index in [2.05, 4.69) is 5.32 Å². The third-order valence-electron chi connectivity index (χ3n) is 2.75. The quantitative estimate of drug-likeness (QED) is 0.625. The first kappa shape index (κ1) is 13.9. The average Bonchev–Trinajstić information content (AvgIpc) is 2.97. The number of hydrogen-bond acceptors (Lipinski definition) is 3. The Hall–Kier alpha value is -0.120. The summed E-state index contributed by atoms with van der Waals surface area (Å²) in [5.74, 6) is 1.01. The molecular weight excluding hydrogens is 202 g/mol. The Bertz CT molecular complexity index is 185. The van der Waals surface area contributed by atoms with Crippen molar-refractivity contribution in [3.05, 3.63) is 0 Å². The molecule has 2 N–H and O–H groups in total. The summed E-state index contributed by atoms with van der Waals surface area (Å²) in [6.07, 6.45) is 5.06. The molecule has 0 spiro atoms. The van der Waals surface area contributed by atoms with Crippen molar-refractivity contribution >= 4 is 0 Å². The van der Waals surface area contributed by atoms with Crippen molar-refractivity contribution in [3.63, 3.8) is 0 Å². The van der Waals surface area contributed by atoms with Crippen LogP contribution in [-0.2, 0) is 4.74 Å². The molecular formula is C13H27NO2. The fraction of sp³-hybridized carbons (Fsp3) is 1.00. The molecule has 1 aliphatic carbocycles. The van der Waals surface area contributed by atoms with Crippen LogP contribution in [0.5, 0.6) is 0 Å². The highest BCUT2D eigenvalue weighted by Gasteiger charge is 2.20. The molecule has 0 aromatic rings. The van der Waals surface area contributed by atoms with Gasteiger partial charge in [0.2, 0.25) is 0 Å². The summed E-state index contributed by atoms with van der Waals surface area (Å²) in [5.41, 5.74) is -0.160. The van der Waals surface area contributed by atoms with Crippen molar-refractivity contribution in [1.82, 2.24) is 5.32 Å². The largest absolute Gasteiger partial charge is 0.389 e. The maximum Gasteiger partial charge on any atom is 0.0897 e. The molecule has 96 valence electrons. The van der Waals surface area contributed by atoms with Crippen LogP contribution in [0.15, 0.2) is 0 Å². The molecule has 0 aliphatic heterocycles. The van der Waals surface area contributed by atoms with Gasteiger partial charge in [0.15, 0.2) is 0 Å². The van der Waals surface area contributed by atoms with Gasteiger partial charge in [0.25, 0.3) is 0 Å². The lowest BCUT2D eigenvalue weighted by Crippen LogP contribution is -2.34. The van der Waals surface area contributed by atoms with Gasteiger partial charge in [-0.3, -0.25) is 0 Å². The van der Waals surface area contributed by atoms with Gasteiger partial charge in [-0.2, -0.15) is 0 Å². The van der Waals surface area contributed by atoms with Crippen LogP contribution in [0.4, 0.5) is 0 Å². The van der Waals surface area contributed by atoms with Crippen LogP contribution in [0.3, 0.4) is 0 Å². The highest BCUT2D eigenvalue weighted by molar-refractivity contribution is 4.73. The van der Waals surface area contributed by atoms with E-state index in [-0.39, 0.29) is 11.7 Å². The van der Waals surface area contributed by atoms with Crippen molar-refractivity contribution in [2.24, 2.45) is 5.92 Å². The lowest BCUT2D eigenvalue weighted by Gasteiger charge is -2.22. The number of hydrogen-bond donors (Lipinski definition) is 2. The number of aliphatic hydroxyl groups is 1. The number of ether oxygens (including phenoxy) is 1. The Morgan fingerprint density at radius 2 is 2.06 bits per heavy atom. The molecule has 0 radical (unpaired) electrons. The van der Waals surface area contributed by atoms with Crippen LogP contribution in [0.2, 0.25) is 0 Å². The Morgan fingerprint density at radius 1 is 1.38 bits per heavy atom. The van der Waals surface area contributed by atoms with Crippen LogP contribution in [-0.4, -0.2) is 36.5 Å². The zero-order chi connectivity index (χ0) is 12.0. The molecule has 0 heterocycles. The fourth-order valence-electron chi connectivity index (χ4n) is 1.60. The number of aliphatic hydroxyl groups excluding tert-OH is 1. The average molecular weight is 229 g/mol. The Balaban J connectivity index is 1.86. The van der Waals surface area contributed by atoms with Crippen LogP contribution >= 0.6 is 0 Å². The summed E-state index contributed by atoms with van der Waals surface area (Å²) in [7, 11) is 0. The van der Waals surface area contributed by atoms with Gasteiger partial charge in [0, 0.05) is 6.54 Å². The minimum absolute atomic E-state index is 0.160. The smallest absolute Gasteiger partial charge is 0.0897 e. The predicted octanol–water partition coefficient (Wildman–Crippen LogP) is 1.94. The SMILES string of the molecule is CC(C)(C)OCC(O)CNCCCC1CC1. The third-order valence-corrected chi connectivity index (χ3v) is 2.75. The Labute approximate surface area is 99.6 Å². The second kappa shape index (κ2) is 6.58. The Morgan fingerprint density at radius 3 is 2.62 bits per heavy atom. The molecule has 1 unspecified atom stereocenters. The summed E-state index contributed by atoms with van der Waals surface area (Å²) in [6.45, 7) is 8.08. The lowest BCUT2D eigenvalue weighted by molar-refractivity contribution is -0.0478. The van der Waals surface area contributed by atoms with E-state index in [1.807, 2.05) is 20.8 Å². The summed E-state index contributed by atoms with van der Waals surface area (Å²) in [5, 5.41) is 12.9. The molecule has 0 aromatic heterocycles. The summed E-state index contributed by atoms with van der Waals surface area (Å²) < 4.78 is 5.51. The molecule has 0 amide bonds. The molecule has 0 saturated heterocycles. The molecule has 1 atom stereocenters. The van der Waals surface area contributed by atoms with E-state index < -0.39 is 0 Å². The van der Waals surface area contributed by atoms with E-state index in [0.29, 0.717) is 13.2 Å². The van der Waals surface area contributed by atoms with Gasteiger partial charge in [-0.25, -0.2) is 0 Å². The van der Waals surface area contributed by atoms with Crippen molar-refractivity contribution in [2.45, 2.75) is 58.2 Å². The maximum atomic E-state index is 9.65. The van der Waals surface area contributed by atoms with Gasteiger partial charge in [-0.05, 0) is 46.1 Å².